The maximum absolute atomic E-state index is 11.6. The van der Waals surface area contributed by atoms with E-state index in [9.17, 15) is 4.79 Å². The first-order valence-electron chi connectivity index (χ1n) is 7.61. The van der Waals surface area contributed by atoms with Gasteiger partial charge in [0, 0.05) is 13.5 Å². The zero-order chi connectivity index (χ0) is 14.0. The summed E-state index contributed by atoms with van der Waals surface area (Å²) in [6, 6.07) is 0.427. The predicted molar refractivity (Wildman–Crippen MR) is 75.8 cm³/mol. The van der Waals surface area contributed by atoms with Crippen LogP contribution in [-0.2, 0) is 4.74 Å². The highest BCUT2D eigenvalue weighted by atomic mass is 127. The molecule has 0 bridgehead atoms. The normalized spacial score (nSPS) is 33.6. The predicted octanol–water partition coefficient (Wildman–Crippen LogP) is -0.610. The molecule has 0 radical (unpaired) electrons. The van der Waals surface area contributed by atoms with Crippen LogP contribution in [0.2, 0.25) is 0 Å². The third-order valence-corrected chi connectivity index (χ3v) is 5.03. The Morgan fingerprint density at radius 1 is 1.10 bits per heavy atom. The van der Waals surface area contributed by atoms with E-state index >= 15 is 0 Å². The van der Waals surface area contributed by atoms with E-state index in [-0.39, 0.29) is 36.2 Å². The summed E-state index contributed by atoms with van der Waals surface area (Å²) in [6.07, 6.45) is 7.47. The van der Waals surface area contributed by atoms with Crippen LogP contribution in [0.4, 0.5) is 4.79 Å². The van der Waals surface area contributed by atoms with Gasteiger partial charge in [-0.15, -0.1) is 0 Å². The first-order chi connectivity index (χ1) is 8.91. The van der Waals surface area contributed by atoms with Crippen LogP contribution in [0.1, 0.15) is 38.5 Å². The molecule has 0 aliphatic heterocycles. The van der Waals surface area contributed by atoms with E-state index in [2.05, 4.69) is 26.5 Å². The lowest BCUT2D eigenvalue weighted by Crippen LogP contribution is -3.00. The highest BCUT2D eigenvalue weighted by Gasteiger charge is 2.45. The molecular formula is C15H29IN2O2. The monoisotopic (exact) mass is 396 g/mol. The average molecular weight is 396 g/mol. The van der Waals surface area contributed by atoms with Crippen molar-refractivity contribution in [1.82, 2.24) is 5.32 Å². The molecule has 4 unspecified atom stereocenters. The Kier molecular flexibility index (Phi) is 6.57. The van der Waals surface area contributed by atoms with E-state index < -0.39 is 0 Å². The molecule has 4 atom stereocenters. The van der Waals surface area contributed by atoms with Crippen LogP contribution in [0.5, 0.6) is 0 Å². The number of quaternary nitrogens is 1. The molecule has 4 nitrogen and oxygen atoms in total. The Hall–Kier alpha value is -0.0400. The van der Waals surface area contributed by atoms with Crippen LogP contribution in [0.15, 0.2) is 0 Å². The molecule has 0 spiro atoms. The summed E-state index contributed by atoms with van der Waals surface area (Å²) in [5, 5.41) is 2.59. The summed E-state index contributed by atoms with van der Waals surface area (Å²) < 4.78 is 6.54. The van der Waals surface area contributed by atoms with Crippen LogP contribution < -0.4 is 29.3 Å². The number of ether oxygens (including phenoxy) is 1. The number of hydrogen-bond donors (Lipinski definition) is 1. The van der Waals surface area contributed by atoms with Gasteiger partial charge in [0.15, 0.2) is 6.10 Å². The Balaban J connectivity index is 0.00000200. The molecule has 2 aliphatic rings. The highest BCUT2D eigenvalue weighted by Crippen LogP contribution is 2.43. The number of amides is 1. The molecule has 118 valence electrons. The number of halogens is 1. The molecule has 0 aromatic heterocycles. The van der Waals surface area contributed by atoms with Gasteiger partial charge in [0.25, 0.3) is 0 Å². The summed E-state index contributed by atoms with van der Waals surface area (Å²) >= 11 is 0. The fraction of sp³-hybridized carbons (Fsp3) is 0.933. The zero-order valence-corrected chi connectivity index (χ0v) is 15.4. The third-order valence-electron chi connectivity index (χ3n) is 5.03. The number of rotatable bonds is 2. The largest absolute Gasteiger partial charge is 1.00 e. The van der Waals surface area contributed by atoms with Gasteiger partial charge in [-0.05, 0) is 24.7 Å². The molecule has 0 aromatic carbocycles. The molecule has 2 rings (SSSR count). The fourth-order valence-corrected chi connectivity index (χ4v) is 3.96. The highest BCUT2D eigenvalue weighted by molar-refractivity contribution is 5.66. The minimum Gasteiger partial charge on any atom is -1.00 e. The number of carbonyl (C=O) groups is 1. The number of carbonyl (C=O) groups excluding carboxylic acids is 1. The molecule has 1 N–H and O–H groups in total. The second kappa shape index (κ2) is 7.29. The topological polar surface area (TPSA) is 38.3 Å². The van der Waals surface area contributed by atoms with E-state index in [4.69, 9.17) is 4.74 Å². The Morgan fingerprint density at radius 3 is 2.15 bits per heavy atom. The molecule has 0 aromatic rings. The summed E-state index contributed by atoms with van der Waals surface area (Å²) in [5.41, 5.74) is 0. The molecule has 0 saturated heterocycles. The smallest absolute Gasteiger partial charge is 0.407 e. The zero-order valence-electron chi connectivity index (χ0n) is 13.2. The van der Waals surface area contributed by atoms with Crippen molar-refractivity contribution in [1.29, 1.82) is 0 Å². The number of likely N-dealkylation sites (N-methyl/N-ethyl adjacent to an activating group) is 1. The van der Waals surface area contributed by atoms with Crippen LogP contribution in [0.3, 0.4) is 0 Å². The van der Waals surface area contributed by atoms with E-state index in [0.29, 0.717) is 6.04 Å². The average Bonchev–Trinajstić information content (AvgIpc) is 2.36. The maximum atomic E-state index is 11.6. The van der Waals surface area contributed by atoms with Crippen molar-refractivity contribution in [3.8, 4) is 0 Å². The number of hydrogen-bond acceptors (Lipinski definition) is 2. The summed E-state index contributed by atoms with van der Waals surface area (Å²) in [6.45, 7) is 0. The second-order valence-corrected chi connectivity index (χ2v) is 7.15. The first kappa shape index (κ1) is 18.0. The van der Waals surface area contributed by atoms with Crippen molar-refractivity contribution in [3.63, 3.8) is 0 Å². The van der Waals surface area contributed by atoms with Gasteiger partial charge in [0.2, 0.25) is 0 Å². The molecule has 1 amide bonds. The number of nitrogens with zero attached hydrogens (tertiary/aromatic N) is 1. The van der Waals surface area contributed by atoms with E-state index in [1.165, 1.54) is 32.1 Å². The van der Waals surface area contributed by atoms with Gasteiger partial charge in [-0.2, -0.15) is 0 Å². The van der Waals surface area contributed by atoms with Crippen molar-refractivity contribution >= 4 is 6.09 Å². The van der Waals surface area contributed by atoms with Crippen molar-refractivity contribution in [3.05, 3.63) is 0 Å². The third kappa shape index (κ3) is 4.23. The number of fused-ring (bicyclic) bond motifs is 1. The molecule has 2 saturated carbocycles. The fourth-order valence-electron chi connectivity index (χ4n) is 3.96. The Morgan fingerprint density at radius 2 is 1.65 bits per heavy atom. The van der Waals surface area contributed by atoms with Gasteiger partial charge in [0.1, 0.15) is 6.04 Å². The molecule has 2 aliphatic carbocycles. The van der Waals surface area contributed by atoms with Crippen molar-refractivity contribution in [2.45, 2.75) is 50.7 Å². The van der Waals surface area contributed by atoms with Crippen LogP contribution in [0.25, 0.3) is 0 Å². The number of alkyl carbamates (subject to hydrolysis) is 1. The van der Waals surface area contributed by atoms with Crippen molar-refractivity contribution in [2.75, 3.05) is 28.2 Å². The first-order valence-corrected chi connectivity index (χ1v) is 7.61. The van der Waals surface area contributed by atoms with E-state index in [1.54, 1.807) is 7.05 Å². The maximum Gasteiger partial charge on any atom is 0.407 e. The van der Waals surface area contributed by atoms with Crippen LogP contribution in [0, 0.1) is 11.8 Å². The van der Waals surface area contributed by atoms with E-state index in [0.717, 1.165) is 22.7 Å². The lowest BCUT2D eigenvalue weighted by atomic mass is 9.68. The summed E-state index contributed by atoms with van der Waals surface area (Å²) in [7, 11) is 8.28. The SMILES string of the molecule is CNC(=O)OC1CC2CCCCC2CC1[N+](C)(C)C.[I-]. The summed E-state index contributed by atoms with van der Waals surface area (Å²) in [5.74, 6) is 1.62. The van der Waals surface area contributed by atoms with Gasteiger partial charge in [-0.25, -0.2) is 4.79 Å². The van der Waals surface area contributed by atoms with E-state index in [1.807, 2.05) is 0 Å². The Bertz CT molecular complexity index is 330. The van der Waals surface area contributed by atoms with Crippen molar-refractivity contribution < 1.29 is 38.0 Å². The van der Waals surface area contributed by atoms with Gasteiger partial charge in [-0.1, -0.05) is 19.3 Å². The molecule has 0 heterocycles. The van der Waals surface area contributed by atoms with Gasteiger partial charge in [0.05, 0.1) is 21.1 Å². The van der Waals surface area contributed by atoms with Gasteiger partial charge >= 0.3 is 6.09 Å². The summed E-state index contributed by atoms with van der Waals surface area (Å²) in [4.78, 5) is 11.6. The quantitative estimate of drug-likeness (QED) is 0.500. The molecule has 2 fully saturated rings. The lowest BCUT2D eigenvalue weighted by Gasteiger charge is -2.47. The van der Waals surface area contributed by atoms with Crippen molar-refractivity contribution in [2.24, 2.45) is 11.8 Å². The van der Waals surface area contributed by atoms with Gasteiger partial charge < -0.3 is 38.5 Å². The molecule has 20 heavy (non-hydrogen) atoms. The number of nitrogens with one attached hydrogen (secondary N) is 1. The standard InChI is InChI=1S/C15H28N2O2.HI/c1-16-15(18)19-14-10-12-8-6-5-7-11(12)9-13(14)17(2,3)4;/h11-14H,5-10H2,1-4H3;1H. The minimum atomic E-state index is -0.280. The van der Waals surface area contributed by atoms with Crippen LogP contribution >= 0.6 is 0 Å². The van der Waals surface area contributed by atoms with Crippen LogP contribution in [-0.4, -0.2) is 50.9 Å². The van der Waals surface area contributed by atoms with Gasteiger partial charge in [-0.3, -0.25) is 0 Å². The molecular weight excluding hydrogens is 367 g/mol. The Labute approximate surface area is 140 Å². The lowest BCUT2D eigenvalue weighted by molar-refractivity contribution is -0.901. The second-order valence-electron chi connectivity index (χ2n) is 7.15. The minimum absolute atomic E-state index is 0. The molecule has 5 heteroatoms.